The van der Waals surface area contributed by atoms with E-state index in [1.165, 1.54) is 20.4 Å². The summed E-state index contributed by atoms with van der Waals surface area (Å²) in [6.07, 6.45) is -0.100. The molecule has 3 aromatic rings. The Morgan fingerprint density at radius 2 is 1.69 bits per heavy atom. The first-order valence-electron chi connectivity index (χ1n) is 26.9. The van der Waals surface area contributed by atoms with Crippen molar-refractivity contribution in [1.82, 2.24) is 29.8 Å². The van der Waals surface area contributed by atoms with Crippen molar-refractivity contribution in [3.63, 3.8) is 0 Å². The molecule has 0 spiro atoms. The molecule has 0 aliphatic carbocycles. The van der Waals surface area contributed by atoms with Gasteiger partial charge in [-0.25, -0.2) is 14.1 Å². The van der Waals surface area contributed by atoms with Gasteiger partial charge in [-0.3, -0.25) is 4.79 Å². The molecule has 3 aliphatic rings. The van der Waals surface area contributed by atoms with Crippen LogP contribution in [0.1, 0.15) is 125 Å². The highest BCUT2D eigenvalue weighted by Gasteiger charge is 2.55. The third-order valence-corrected chi connectivity index (χ3v) is 17.0. The van der Waals surface area contributed by atoms with Crippen LogP contribution in [-0.4, -0.2) is 186 Å². The monoisotopic (exact) mass is 1040 g/mol. The van der Waals surface area contributed by atoms with Crippen molar-refractivity contribution in [1.29, 1.82) is 0 Å². The fourth-order valence-corrected chi connectivity index (χ4v) is 12.3. The molecule has 19 heteroatoms. The van der Waals surface area contributed by atoms with Crippen LogP contribution < -0.4 is 0 Å². The number of methoxy groups -OCH3 is 1. The van der Waals surface area contributed by atoms with Gasteiger partial charge in [0.15, 0.2) is 18.4 Å². The minimum atomic E-state index is -1.82. The molecule has 1 unspecified atom stereocenters. The Kier molecular flexibility index (Phi) is 20.5. The summed E-state index contributed by atoms with van der Waals surface area (Å²) in [6.45, 7) is 18.2. The number of benzene rings is 1. The first-order valence-corrected chi connectivity index (χ1v) is 26.9. The largest absolute Gasteiger partial charge is 0.459 e. The van der Waals surface area contributed by atoms with E-state index in [1.54, 1.807) is 58.6 Å². The van der Waals surface area contributed by atoms with Crippen LogP contribution >= 0.6 is 0 Å². The van der Waals surface area contributed by atoms with Crippen LogP contribution in [0.25, 0.3) is 11.3 Å². The number of rotatable bonds is 16. The average molecular weight is 1050 g/mol. The summed E-state index contributed by atoms with van der Waals surface area (Å²) in [7, 11) is 5.29. The van der Waals surface area contributed by atoms with Gasteiger partial charge >= 0.3 is 5.97 Å². The van der Waals surface area contributed by atoms with Crippen LogP contribution in [-0.2, 0) is 41.3 Å². The molecule has 5 N–H and O–H groups in total. The predicted octanol–water partition coefficient (Wildman–Crippen LogP) is 5.57. The number of carbonyl (C=O) groups excluding carboxylic acids is 1. The topological polar surface area (TPSA) is 228 Å². The lowest BCUT2D eigenvalue weighted by Gasteiger charge is -2.51. The van der Waals surface area contributed by atoms with E-state index in [2.05, 4.69) is 15.3 Å². The lowest BCUT2D eigenvalue weighted by molar-refractivity contribution is -0.302. The molecule has 0 amide bonds. The molecule has 1 aromatic carbocycles. The number of alkyl halides is 1. The Morgan fingerprint density at radius 3 is 2.32 bits per heavy atom. The molecule has 0 saturated carbocycles. The van der Waals surface area contributed by atoms with E-state index in [-0.39, 0.29) is 31.3 Å². The standard InChI is InChI=1S/C55H89FN6O12/c1-14-45-55(10,68)48(64)36(6)61(12)29-32(2)25-53(8,67)50(34(4)46(35(5)51(66)73-45)43-26-54(9,69-13)49(65)37(7)72-43)74-52-47(63)42(24-33(3)71-52)60(11)23-22-40-30-62(59-58-40)41(27-56)17-15-16-38-18-20-39(21-19-38)44-28-57-31-70-44/h18-21,28,30-37,41-43,45-50,52,63-65,67-68H,14-17,22-27,29H2,1-13H3/t32-,33-,34+,35-,36-,37+,41+,42+,43?,45-,46+,47-,48-,49+,50-,52+,53-,54-,55-/m1/s1. The van der Waals surface area contributed by atoms with Crippen LogP contribution in [0.3, 0.4) is 0 Å². The molecule has 2 aromatic heterocycles. The summed E-state index contributed by atoms with van der Waals surface area (Å²) >= 11 is 0. The number of cyclic esters (lactones) is 1. The Morgan fingerprint density at radius 1 is 0.986 bits per heavy atom. The number of nitrogens with zero attached hydrogens (tertiary/aromatic N) is 6. The van der Waals surface area contributed by atoms with Crippen LogP contribution in [0.5, 0.6) is 0 Å². The number of hydrogen-bond acceptors (Lipinski definition) is 17. The number of aromatic nitrogens is 4. The second kappa shape index (κ2) is 25.3. The molecule has 0 bridgehead atoms. The number of aryl methyl sites for hydroxylation is 1. The fraction of sp³-hybridized carbons (Fsp3) is 0.782. The molecular formula is C55H89FN6O12. The van der Waals surface area contributed by atoms with Crippen molar-refractivity contribution in [2.24, 2.45) is 23.7 Å². The lowest BCUT2D eigenvalue weighted by atomic mass is 9.68. The third kappa shape index (κ3) is 13.8. The van der Waals surface area contributed by atoms with Crippen molar-refractivity contribution in [3.8, 4) is 11.3 Å². The SMILES string of the molecule is CC[C@H]1OC(=O)[C@H](C)[C@@H](C2C[C@@](C)(OC)[C@@H](O)[C@H](C)O2)[C@H](C)[C@@H](O[C@@H]2O[C@H](C)C[C@H](N(C)CCc3cn([C@H](CF)CCCc4ccc(-c5cnco5)cc4)nn3)[C@H]2O)[C@](C)(O)C[C@@H](C)CN(C)[C@H](C)[C@@H](O)[C@]1(C)O. The minimum absolute atomic E-state index is 0.180. The molecule has 3 saturated heterocycles. The average Bonchev–Trinajstić information content (AvgIpc) is 4.08. The number of halogens is 1. The molecule has 5 heterocycles. The Balaban J connectivity index is 1.21. The highest BCUT2D eigenvalue weighted by atomic mass is 19.1. The predicted molar refractivity (Wildman–Crippen MR) is 275 cm³/mol. The summed E-state index contributed by atoms with van der Waals surface area (Å²) in [5.41, 5.74) is -1.73. The third-order valence-electron chi connectivity index (χ3n) is 17.0. The second-order valence-corrected chi connectivity index (χ2v) is 23.0. The smallest absolute Gasteiger partial charge is 0.309 e. The number of aliphatic hydroxyl groups is 5. The lowest BCUT2D eigenvalue weighted by Crippen LogP contribution is -2.62. The zero-order valence-corrected chi connectivity index (χ0v) is 46.2. The summed E-state index contributed by atoms with van der Waals surface area (Å²) < 4.78 is 53.7. The Bertz CT molecular complexity index is 2180. The van der Waals surface area contributed by atoms with Crippen molar-refractivity contribution >= 4 is 5.97 Å². The van der Waals surface area contributed by atoms with E-state index in [9.17, 15) is 34.7 Å². The van der Waals surface area contributed by atoms with Crippen LogP contribution in [0, 0.1) is 23.7 Å². The molecule has 418 valence electrons. The van der Waals surface area contributed by atoms with E-state index < -0.39 is 114 Å². The molecule has 19 atom stereocenters. The van der Waals surface area contributed by atoms with Crippen molar-refractivity contribution in [3.05, 3.63) is 54.3 Å². The van der Waals surface area contributed by atoms with Crippen LogP contribution in [0.2, 0.25) is 0 Å². The number of carbonyl (C=O) groups is 1. The summed E-state index contributed by atoms with van der Waals surface area (Å²) in [4.78, 5) is 22.6. The fourth-order valence-electron chi connectivity index (χ4n) is 12.3. The maximum atomic E-state index is 14.6. The second-order valence-electron chi connectivity index (χ2n) is 23.0. The zero-order valence-electron chi connectivity index (χ0n) is 46.2. The van der Waals surface area contributed by atoms with Gasteiger partial charge in [0.1, 0.15) is 36.7 Å². The Hall–Kier alpha value is -3.47. The number of hydrogen-bond donors (Lipinski definition) is 5. The number of oxazole rings is 1. The van der Waals surface area contributed by atoms with Crippen molar-refractivity contribution in [2.45, 2.75) is 211 Å². The van der Waals surface area contributed by atoms with Gasteiger partial charge in [-0.05, 0) is 112 Å². The zero-order chi connectivity index (χ0) is 54.4. The minimum Gasteiger partial charge on any atom is -0.459 e. The first-order chi connectivity index (χ1) is 34.8. The maximum absolute atomic E-state index is 14.6. The number of esters is 1. The van der Waals surface area contributed by atoms with Crippen LogP contribution in [0.15, 0.2) is 47.5 Å². The summed E-state index contributed by atoms with van der Waals surface area (Å²) in [6, 6.07) is 6.59. The number of aliphatic hydroxyl groups excluding tert-OH is 3. The van der Waals surface area contributed by atoms with E-state index in [0.717, 1.165) is 24.0 Å². The van der Waals surface area contributed by atoms with Gasteiger partial charge in [0.05, 0.1) is 59.5 Å². The molecule has 74 heavy (non-hydrogen) atoms. The Labute approximate surface area is 438 Å². The summed E-state index contributed by atoms with van der Waals surface area (Å²) in [5, 5.41) is 68.9. The first kappa shape index (κ1) is 59.8. The molecule has 3 fully saturated rings. The van der Waals surface area contributed by atoms with Gasteiger partial charge in [0.2, 0.25) is 0 Å². The van der Waals surface area contributed by atoms with E-state index in [1.807, 2.05) is 68.9 Å². The van der Waals surface area contributed by atoms with Gasteiger partial charge in [0, 0.05) is 62.8 Å². The molecule has 3 aliphatic heterocycles. The van der Waals surface area contributed by atoms with Gasteiger partial charge in [-0.2, -0.15) is 0 Å². The van der Waals surface area contributed by atoms with Crippen molar-refractivity contribution < 1.29 is 62.8 Å². The van der Waals surface area contributed by atoms with Gasteiger partial charge in [-0.15, -0.1) is 5.10 Å². The normalized spacial score (nSPS) is 38.8. The van der Waals surface area contributed by atoms with Crippen LogP contribution in [0.4, 0.5) is 4.39 Å². The molecule has 18 nitrogen and oxygen atoms in total. The van der Waals surface area contributed by atoms with Crippen molar-refractivity contribution in [2.75, 3.05) is 41.0 Å². The van der Waals surface area contributed by atoms with E-state index in [4.69, 9.17) is 28.1 Å². The highest BCUT2D eigenvalue weighted by molar-refractivity contribution is 5.73. The van der Waals surface area contributed by atoms with Gasteiger partial charge < -0.3 is 63.4 Å². The number of ether oxygens (including phenoxy) is 5. The van der Waals surface area contributed by atoms with Gasteiger partial charge in [-0.1, -0.05) is 57.2 Å². The molecule has 0 radical (unpaired) electrons. The summed E-state index contributed by atoms with van der Waals surface area (Å²) in [5.74, 6) is -2.50. The molecular weight excluding hydrogens is 956 g/mol. The maximum Gasteiger partial charge on any atom is 0.309 e. The van der Waals surface area contributed by atoms with E-state index in [0.29, 0.717) is 43.8 Å². The molecule has 6 rings (SSSR count). The highest BCUT2D eigenvalue weighted by Crippen LogP contribution is 2.45. The number of likely N-dealkylation sites (N-methyl/N-ethyl adjacent to an activating group) is 2. The van der Waals surface area contributed by atoms with E-state index >= 15 is 0 Å². The quantitative estimate of drug-likeness (QED) is 0.111. The van der Waals surface area contributed by atoms with Gasteiger partial charge in [0.25, 0.3) is 0 Å².